The third-order valence-electron chi connectivity index (χ3n) is 2.70. The van der Waals surface area contributed by atoms with E-state index in [0.29, 0.717) is 16.4 Å². The van der Waals surface area contributed by atoms with E-state index >= 15 is 0 Å². The van der Waals surface area contributed by atoms with E-state index in [0.717, 1.165) is 5.56 Å². The van der Waals surface area contributed by atoms with Crippen molar-refractivity contribution in [3.8, 4) is 11.8 Å². The Labute approximate surface area is 122 Å². The van der Waals surface area contributed by atoms with Crippen LogP contribution >= 0.6 is 11.6 Å². The van der Waals surface area contributed by atoms with Crippen molar-refractivity contribution in [1.29, 1.82) is 0 Å². The Bertz CT molecular complexity index is 695. The number of hydrogen-bond acceptors (Lipinski definition) is 2. The molecule has 0 unspecified atom stereocenters. The van der Waals surface area contributed by atoms with E-state index in [1.807, 2.05) is 18.2 Å². The average molecular weight is 288 g/mol. The number of anilines is 1. The van der Waals surface area contributed by atoms with Crippen molar-refractivity contribution < 1.29 is 4.79 Å². The molecule has 0 saturated carbocycles. The summed E-state index contributed by atoms with van der Waals surface area (Å²) in [6.07, 6.45) is 1.68. The maximum Gasteiger partial charge on any atom is 0.272 e. The fraction of sp³-hybridized carbons (Fsp3) is 0.133. The van der Waals surface area contributed by atoms with Crippen LogP contribution in [0.1, 0.15) is 16.1 Å². The van der Waals surface area contributed by atoms with Crippen molar-refractivity contribution in [2.24, 2.45) is 12.8 Å². The Morgan fingerprint density at radius 3 is 2.85 bits per heavy atom. The molecule has 0 fully saturated rings. The molecular formula is C15H14ClN3O. The van der Waals surface area contributed by atoms with Crippen LogP contribution in [0, 0.1) is 11.8 Å². The van der Waals surface area contributed by atoms with Crippen molar-refractivity contribution in [1.82, 2.24) is 4.57 Å². The second-order valence-corrected chi connectivity index (χ2v) is 4.60. The fourth-order valence-electron chi connectivity index (χ4n) is 1.78. The Morgan fingerprint density at radius 2 is 2.20 bits per heavy atom. The lowest BCUT2D eigenvalue weighted by Gasteiger charge is -2.07. The molecule has 1 aromatic carbocycles. The Morgan fingerprint density at radius 1 is 1.45 bits per heavy atom. The first kappa shape index (κ1) is 14.2. The van der Waals surface area contributed by atoms with Gasteiger partial charge in [-0.2, -0.15) is 0 Å². The van der Waals surface area contributed by atoms with Gasteiger partial charge in [-0.1, -0.05) is 35.6 Å². The van der Waals surface area contributed by atoms with E-state index in [4.69, 9.17) is 17.3 Å². The maximum atomic E-state index is 12.2. The zero-order chi connectivity index (χ0) is 14.5. The van der Waals surface area contributed by atoms with Crippen LogP contribution in [0.4, 0.5) is 5.69 Å². The number of nitrogens with two attached hydrogens (primary N) is 1. The predicted molar refractivity (Wildman–Crippen MR) is 80.8 cm³/mol. The Balaban J connectivity index is 2.26. The van der Waals surface area contributed by atoms with Crippen LogP contribution in [0.5, 0.6) is 0 Å². The van der Waals surface area contributed by atoms with Gasteiger partial charge >= 0.3 is 0 Å². The summed E-state index contributed by atoms with van der Waals surface area (Å²) in [5.74, 6) is 5.47. The van der Waals surface area contributed by atoms with Gasteiger partial charge in [-0.25, -0.2) is 0 Å². The van der Waals surface area contributed by atoms with Gasteiger partial charge in [0.15, 0.2) is 0 Å². The summed E-state index contributed by atoms with van der Waals surface area (Å²) in [6.45, 7) is 0.274. The molecule has 0 atom stereocenters. The summed E-state index contributed by atoms with van der Waals surface area (Å²) < 4.78 is 1.67. The predicted octanol–water partition coefficient (Wildman–Crippen LogP) is 2.24. The van der Waals surface area contributed by atoms with Crippen LogP contribution in [-0.2, 0) is 7.05 Å². The average Bonchev–Trinajstić information content (AvgIpc) is 2.77. The van der Waals surface area contributed by atoms with Crippen molar-refractivity contribution in [3.05, 3.63) is 52.8 Å². The number of benzene rings is 1. The topological polar surface area (TPSA) is 60.0 Å². The first-order valence-electron chi connectivity index (χ1n) is 6.03. The largest absolute Gasteiger partial charge is 0.345 e. The Kier molecular flexibility index (Phi) is 4.46. The number of rotatable bonds is 2. The molecule has 2 aromatic rings. The molecule has 0 aliphatic heterocycles. The summed E-state index contributed by atoms with van der Waals surface area (Å²) in [7, 11) is 1.76. The van der Waals surface area contributed by atoms with E-state index in [1.54, 1.807) is 29.9 Å². The van der Waals surface area contributed by atoms with Crippen molar-refractivity contribution in [2.75, 3.05) is 11.9 Å². The molecule has 102 valence electrons. The molecule has 0 aliphatic rings. The second kappa shape index (κ2) is 6.29. The molecule has 0 spiro atoms. The van der Waals surface area contributed by atoms with Gasteiger partial charge in [0.2, 0.25) is 0 Å². The highest BCUT2D eigenvalue weighted by Gasteiger charge is 2.12. The second-order valence-electron chi connectivity index (χ2n) is 4.16. The van der Waals surface area contributed by atoms with Gasteiger partial charge in [-0.05, 0) is 18.2 Å². The highest BCUT2D eigenvalue weighted by atomic mass is 35.5. The number of nitrogens with one attached hydrogen (secondary N) is 1. The van der Waals surface area contributed by atoms with Gasteiger partial charge in [0.25, 0.3) is 5.91 Å². The zero-order valence-corrected chi connectivity index (χ0v) is 11.7. The normalized spacial score (nSPS) is 9.75. The van der Waals surface area contributed by atoms with E-state index in [2.05, 4.69) is 17.2 Å². The summed E-state index contributed by atoms with van der Waals surface area (Å²) in [6, 6.07) is 8.93. The third kappa shape index (κ3) is 3.21. The van der Waals surface area contributed by atoms with E-state index in [9.17, 15) is 4.79 Å². The smallest absolute Gasteiger partial charge is 0.272 e. The molecule has 0 aliphatic carbocycles. The number of halogens is 1. The number of hydrogen-bond donors (Lipinski definition) is 2. The highest BCUT2D eigenvalue weighted by Crippen LogP contribution is 2.17. The van der Waals surface area contributed by atoms with Crippen LogP contribution in [-0.4, -0.2) is 17.0 Å². The minimum absolute atomic E-state index is 0.235. The first-order valence-corrected chi connectivity index (χ1v) is 6.41. The number of carbonyl (C=O) groups is 1. The van der Waals surface area contributed by atoms with E-state index in [-0.39, 0.29) is 12.5 Å². The lowest BCUT2D eigenvalue weighted by atomic mass is 10.1. The molecule has 0 bridgehead atoms. The van der Waals surface area contributed by atoms with Gasteiger partial charge in [0.1, 0.15) is 5.69 Å². The van der Waals surface area contributed by atoms with Crippen molar-refractivity contribution in [2.45, 2.75) is 0 Å². The number of amides is 1. The standard InChI is InChI=1S/C15H14ClN3O/c1-19-10-12(16)9-14(19)15(20)18-13-7-3-2-5-11(13)6-4-8-17/h2-3,5,7,9-10H,8,17H2,1H3,(H,18,20). The van der Waals surface area contributed by atoms with Crippen LogP contribution in [0.25, 0.3) is 0 Å². The fourth-order valence-corrected chi connectivity index (χ4v) is 2.03. The number of nitrogens with zero attached hydrogens (tertiary/aromatic N) is 1. The van der Waals surface area contributed by atoms with Gasteiger partial charge < -0.3 is 15.6 Å². The van der Waals surface area contributed by atoms with Crippen LogP contribution in [0.3, 0.4) is 0 Å². The quantitative estimate of drug-likeness (QED) is 0.832. The minimum Gasteiger partial charge on any atom is -0.345 e. The number of aromatic nitrogens is 1. The number of aryl methyl sites for hydroxylation is 1. The van der Waals surface area contributed by atoms with E-state index in [1.165, 1.54) is 0 Å². The van der Waals surface area contributed by atoms with Gasteiger partial charge in [-0.15, -0.1) is 0 Å². The number of carbonyl (C=O) groups excluding carboxylic acids is 1. The lowest BCUT2D eigenvalue weighted by Crippen LogP contribution is -2.16. The van der Waals surface area contributed by atoms with Gasteiger partial charge in [0, 0.05) is 18.8 Å². The van der Waals surface area contributed by atoms with Gasteiger partial charge in [-0.3, -0.25) is 4.79 Å². The summed E-state index contributed by atoms with van der Waals surface area (Å²) in [5, 5.41) is 3.35. The molecule has 4 nitrogen and oxygen atoms in total. The van der Waals surface area contributed by atoms with Gasteiger partial charge in [0.05, 0.1) is 17.3 Å². The summed E-state index contributed by atoms with van der Waals surface area (Å²) in [5.41, 5.74) is 7.22. The molecule has 0 saturated heterocycles. The van der Waals surface area contributed by atoms with Crippen molar-refractivity contribution >= 4 is 23.2 Å². The van der Waals surface area contributed by atoms with E-state index < -0.39 is 0 Å². The first-order chi connectivity index (χ1) is 9.61. The molecule has 20 heavy (non-hydrogen) atoms. The molecule has 1 amide bonds. The summed E-state index contributed by atoms with van der Waals surface area (Å²) in [4.78, 5) is 12.2. The minimum atomic E-state index is -0.235. The van der Waals surface area contributed by atoms with Crippen molar-refractivity contribution in [3.63, 3.8) is 0 Å². The SMILES string of the molecule is Cn1cc(Cl)cc1C(=O)Nc1ccccc1C#CCN. The molecule has 1 aromatic heterocycles. The van der Waals surface area contributed by atoms with Crippen LogP contribution in [0.15, 0.2) is 36.5 Å². The third-order valence-corrected chi connectivity index (χ3v) is 2.91. The molecule has 3 N–H and O–H groups in total. The number of para-hydroxylation sites is 1. The maximum absolute atomic E-state index is 12.2. The monoisotopic (exact) mass is 287 g/mol. The molecule has 5 heteroatoms. The molecule has 0 radical (unpaired) electrons. The van der Waals surface area contributed by atoms with Crippen LogP contribution < -0.4 is 11.1 Å². The highest BCUT2D eigenvalue weighted by molar-refractivity contribution is 6.31. The molecule has 2 rings (SSSR count). The van der Waals surface area contributed by atoms with Crippen LogP contribution in [0.2, 0.25) is 5.02 Å². The molecular weight excluding hydrogens is 274 g/mol. The lowest BCUT2D eigenvalue weighted by molar-refractivity contribution is 0.101. The zero-order valence-electron chi connectivity index (χ0n) is 11.0. The molecule has 1 heterocycles. The Hall–Kier alpha value is -2.22. The summed E-state index contributed by atoms with van der Waals surface area (Å²) >= 11 is 5.88.